The summed E-state index contributed by atoms with van der Waals surface area (Å²) in [6.45, 7) is 3.08. The van der Waals surface area contributed by atoms with E-state index in [2.05, 4.69) is 38.1 Å². The van der Waals surface area contributed by atoms with Crippen LogP contribution in [-0.4, -0.2) is 34.6 Å². The van der Waals surface area contributed by atoms with Crippen molar-refractivity contribution in [1.82, 2.24) is 10.3 Å². The monoisotopic (exact) mass is 526 g/mol. The number of hydrogen-bond acceptors (Lipinski definition) is 4. The molecular weight excluding hydrogens is 506 g/mol. The highest BCUT2D eigenvalue weighted by Crippen LogP contribution is 2.35. The minimum atomic E-state index is -3.41. The summed E-state index contributed by atoms with van der Waals surface area (Å²) in [5, 5.41) is 11.2. The molecule has 0 aliphatic heterocycles. The van der Waals surface area contributed by atoms with Crippen molar-refractivity contribution in [2.45, 2.75) is 49.1 Å². The van der Waals surface area contributed by atoms with E-state index in [-0.39, 0.29) is 28.6 Å². The molecule has 3 rings (SSSR count). The number of nitrogens with zero attached hydrogens (tertiary/aromatic N) is 1. The van der Waals surface area contributed by atoms with Crippen molar-refractivity contribution < 1.29 is 27.1 Å². The Morgan fingerprint density at radius 2 is 1.91 bits per heavy atom. The van der Waals surface area contributed by atoms with Crippen LogP contribution in [0.25, 0.3) is 0 Å². The Balaban J connectivity index is 1.95. The molecule has 2 aromatic rings. The van der Waals surface area contributed by atoms with Gasteiger partial charge in [-0.05, 0) is 84.8 Å². The maximum atomic E-state index is 13.6. The fraction of sp³-hybridized carbons (Fsp3) is 0.364. The molecule has 1 aliphatic carbocycles. The molecule has 1 aliphatic rings. The third kappa shape index (κ3) is 5.64. The molecular formula is C22H21BrF2N2O4S. The zero-order valence-corrected chi connectivity index (χ0v) is 19.7. The summed E-state index contributed by atoms with van der Waals surface area (Å²) in [5.41, 5.74) is 0.736. The second-order valence-electron chi connectivity index (χ2n) is 8.05. The maximum Gasteiger partial charge on any atom is 0.405 e. The van der Waals surface area contributed by atoms with Gasteiger partial charge in [0.2, 0.25) is 0 Å². The SMILES string of the molecule is CC(C)(C#Cc1ccc(Br)c([C@H](Cc2cc(F)cc(F)c2)NC(=O)O)n1)S(=O)(=O)C1CC1. The molecule has 10 heteroatoms. The number of halogens is 3. The normalized spacial score (nSPS) is 14.9. The predicted molar refractivity (Wildman–Crippen MR) is 119 cm³/mol. The molecule has 1 saturated carbocycles. The van der Waals surface area contributed by atoms with E-state index in [0.717, 1.165) is 18.2 Å². The van der Waals surface area contributed by atoms with E-state index < -0.39 is 38.4 Å². The highest BCUT2D eigenvalue weighted by Gasteiger charge is 2.45. The van der Waals surface area contributed by atoms with Gasteiger partial charge in [-0.1, -0.05) is 5.92 Å². The minimum absolute atomic E-state index is 0.0645. The average Bonchev–Trinajstić information content (AvgIpc) is 3.51. The molecule has 1 aromatic carbocycles. The van der Waals surface area contributed by atoms with Gasteiger partial charge >= 0.3 is 6.09 Å². The molecule has 170 valence electrons. The van der Waals surface area contributed by atoms with E-state index >= 15 is 0 Å². The number of rotatable bonds is 6. The Labute approximate surface area is 193 Å². The molecule has 0 bridgehead atoms. The first-order valence-electron chi connectivity index (χ1n) is 9.76. The average molecular weight is 527 g/mol. The van der Waals surface area contributed by atoms with Gasteiger partial charge in [0.15, 0.2) is 9.84 Å². The third-order valence-electron chi connectivity index (χ3n) is 5.03. The summed E-state index contributed by atoms with van der Waals surface area (Å²) in [7, 11) is -3.41. The van der Waals surface area contributed by atoms with Crippen LogP contribution < -0.4 is 5.32 Å². The van der Waals surface area contributed by atoms with Crippen molar-refractivity contribution in [3.8, 4) is 11.8 Å². The molecule has 1 atom stereocenters. The molecule has 0 spiro atoms. The van der Waals surface area contributed by atoms with Crippen LogP contribution in [0, 0.1) is 23.5 Å². The van der Waals surface area contributed by atoms with Gasteiger partial charge in [0.1, 0.15) is 22.1 Å². The molecule has 1 amide bonds. The first-order valence-corrected chi connectivity index (χ1v) is 12.1. The van der Waals surface area contributed by atoms with Crippen LogP contribution in [-0.2, 0) is 16.3 Å². The van der Waals surface area contributed by atoms with E-state index in [1.165, 1.54) is 0 Å². The number of nitrogens with one attached hydrogen (secondary N) is 1. The summed E-state index contributed by atoms with van der Waals surface area (Å²) in [5.74, 6) is 4.00. The van der Waals surface area contributed by atoms with Crippen LogP contribution >= 0.6 is 15.9 Å². The second kappa shape index (κ2) is 9.16. The maximum absolute atomic E-state index is 13.6. The lowest BCUT2D eigenvalue weighted by atomic mass is 10.0. The summed E-state index contributed by atoms with van der Waals surface area (Å²) in [6.07, 6.45) is -0.131. The van der Waals surface area contributed by atoms with Gasteiger partial charge in [0.05, 0.1) is 17.0 Å². The number of carbonyl (C=O) groups is 1. The smallest absolute Gasteiger partial charge is 0.405 e. The van der Waals surface area contributed by atoms with Crippen molar-refractivity contribution in [3.63, 3.8) is 0 Å². The molecule has 2 N–H and O–H groups in total. The lowest BCUT2D eigenvalue weighted by Gasteiger charge is -2.19. The van der Waals surface area contributed by atoms with Gasteiger partial charge in [-0.15, -0.1) is 0 Å². The Morgan fingerprint density at radius 1 is 1.28 bits per heavy atom. The van der Waals surface area contributed by atoms with Crippen molar-refractivity contribution in [1.29, 1.82) is 0 Å². The predicted octanol–water partition coefficient (Wildman–Crippen LogP) is 4.38. The summed E-state index contributed by atoms with van der Waals surface area (Å²) < 4.78 is 51.5. The van der Waals surface area contributed by atoms with Gasteiger partial charge in [0, 0.05) is 10.5 Å². The fourth-order valence-electron chi connectivity index (χ4n) is 3.18. The quantitative estimate of drug-likeness (QED) is 0.544. The molecule has 1 fully saturated rings. The van der Waals surface area contributed by atoms with Gasteiger partial charge < -0.3 is 10.4 Å². The largest absolute Gasteiger partial charge is 0.465 e. The Morgan fingerprint density at radius 3 is 2.47 bits per heavy atom. The number of carboxylic acid groups (broad SMARTS) is 1. The lowest BCUT2D eigenvalue weighted by Crippen LogP contribution is -2.33. The Bertz CT molecular complexity index is 1200. The number of sulfone groups is 1. The molecule has 0 saturated heterocycles. The van der Waals surface area contributed by atoms with Crippen molar-refractivity contribution in [2.24, 2.45) is 0 Å². The topological polar surface area (TPSA) is 96.4 Å². The molecule has 1 aromatic heterocycles. The first kappa shape index (κ1) is 24.1. The zero-order chi connectivity index (χ0) is 23.7. The number of hydrogen-bond donors (Lipinski definition) is 2. The molecule has 1 heterocycles. The van der Waals surface area contributed by atoms with E-state index in [4.69, 9.17) is 0 Å². The van der Waals surface area contributed by atoms with Crippen LogP contribution in [0.1, 0.15) is 49.7 Å². The van der Waals surface area contributed by atoms with Gasteiger partial charge in [0.25, 0.3) is 0 Å². The summed E-state index contributed by atoms with van der Waals surface area (Å²) >= 11 is 3.33. The highest BCUT2D eigenvalue weighted by molar-refractivity contribution is 9.10. The molecule has 32 heavy (non-hydrogen) atoms. The van der Waals surface area contributed by atoms with Crippen LogP contribution in [0.5, 0.6) is 0 Å². The second-order valence-corrected chi connectivity index (χ2v) is 11.7. The first-order chi connectivity index (χ1) is 14.9. The van der Waals surface area contributed by atoms with Crippen molar-refractivity contribution in [3.05, 3.63) is 63.4 Å². The number of amides is 1. The van der Waals surface area contributed by atoms with Gasteiger partial charge in [-0.25, -0.2) is 27.0 Å². The van der Waals surface area contributed by atoms with E-state index in [1.54, 1.807) is 26.0 Å². The third-order valence-corrected chi connectivity index (χ3v) is 8.57. The summed E-state index contributed by atoms with van der Waals surface area (Å²) in [6, 6.07) is 5.20. The van der Waals surface area contributed by atoms with Crippen LogP contribution in [0.15, 0.2) is 34.8 Å². The van der Waals surface area contributed by atoms with Gasteiger partial charge in [-0.3, -0.25) is 0 Å². The van der Waals surface area contributed by atoms with Crippen LogP contribution in [0.2, 0.25) is 0 Å². The number of pyridine rings is 1. The van der Waals surface area contributed by atoms with Crippen LogP contribution in [0.3, 0.4) is 0 Å². The van der Waals surface area contributed by atoms with E-state index in [1.807, 2.05) is 0 Å². The molecule has 6 nitrogen and oxygen atoms in total. The van der Waals surface area contributed by atoms with Crippen molar-refractivity contribution in [2.75, 3.05) is 0 Å². The number of benzene rings is 1. The summed E-state index contributed by atoms with van der Waals surface area (Å²) in [4.78, 5) is 15.7. The zero-order valence-electron chi connectivity index (χ0n) is 17.3. The minimum Gasteiger partial charge on any atom is -0.465 e. The Kier molecular flexibility index (Phi) is 6.91. The lowest BCUT2D eigenvalue weighted by molar-refractivity contribution is 0.189. The van der Waals surface area contributed by atoms with Crippen LogP contribution in [0.4, 0.5) is 13.6 Å². The van der Waals surface area contributed by atoms with Gasteiger partial charge in [-0.2, -0.15) is 0 Å². The van der Waals surface area contributed by atoms with E-state index in [0.29, 0.717) is 17.3 Å². The van der Waals surface area contributed by atoms with E-state index in [9.17, 15) is 27.1 Å². The van der Waals surface area contributed by atoms with Crippen molar-refractivity contribution >= 4 is 31.9 Å². The molecule has 0 radical (unpaired) electrons. The molecule has 0 unspecified atom stereocenters. The number of aromatic nitrogens is 1. The highest BCUT2D eigenvalue weighted by atomic mass is 79.9. The standard InChI is InChI=1S/C22H21BrF2N2O4S/c1-22(2,32(30,31)17-4-5-17)8-7-16-3-6-18(23)20(26-16)19(27-21(28)29)11-13-9-14(24)12-15(25)10-13/h3,6,9-10,12,17,19,27H,4-5,11H2,1-2H3,(H,28,29)/t19-/m0/s1. The fourth-order valence-corrected chi connectivity index (χ4v) is 5.46. The Hall–Kier alpha value is -2.51.